The lowest BCUT2D eigenvalue weighted by molar-refractivity contribution is 0.0955. The lowest BCUT2D eigenvalue weighted by Crippen LogP contribution is -2.21. The van der Waals surface area contributed by atoms with Crippen LogP contribution in [0, 0.1) is 13.8 Å². The molecule has 5 heteroatoms. The van der Waals surface area contributed by atoms with E-state index in [4.69, 9.17) is 5.73 Å². The summed E-state index contributed by atoms with van der Waals surface area (Å²) < 4.78 is 0. The molecule has 1 aromatic heterocycles. The minimum Gasteiger partial charge on any atom is -0.375 e. The zero-order chi connectivity index (χ0) is 13.1. The largest absolute Gasteiger partial charge is 0.375 e. The number of hydrogen-bond acceptors (Lipinski definition) is 4. The van der Waals surface area contributed by atoms with E-state index in [0.29, 0.717) is 16.6 Å². The summed E-state index contributed by atoms with van der Waals surface area (Å²) in [6.45, 7) is 4.64. The molecule has 3 N–H and O–H groups in total. The van der Waals surface area contributed by atoms with Crippen molar-refractivity contribution in [1.82, 2.24) is 10.3 Å². The number of carbonyl (C=O) groups excluding carboxylic acids is 1. The van der Waals surface area contributed by atoms with Crippen molar-refractivity contribution in [3.63, 3.8) is 0 Å². The number of thiazole rings is 1. The predicted molar refractivity (Wildman–Crippen MR) is 73.6 cm³/mol. The molecular weight excluding hydrogens is 246 g/mol. The molecule has 0 saturated carbocycles. The van der Waals surface area contributed by atoms with Crippen molar-refractivity contribution in [3.8, 4) is 0 Å². The smallest absolute Gasteiger partial charge is 0.263 e. The fourth-order valence-corrected chi connectivity index (χ4v) is 2.18. The molecule has 0 aliphatic rings. The molecule has 0 aliphatic carbocycles. The zero-order valence-electron chi connectivity index (χ0n) is 10.4. The molecule has 0 bridgehead atoms. The molecule has 4 nitrogen and oxygen atoms in total. The highest BCUT2D eigenvalue weighted by atomic mass is 32.1. The minimum atomic E-state index is -0.137. The van der Waals surface area contributed by atoms with Crippen molar-refractivity contribution in [2.24, 2.45) is 0 Å². The Morgan fingerprint density at radius 1 is 1.39 bits per heavy atom. The maximum absolute atomic E-state index is 11.8. The number of amides is 1. The van der Waals surface area contributed by atoms with Gasteiger partial charge in [-0.15, -0.1) is 0 Å². The van der Waals surface area contributed by atoms with Crippen LogP contribution in [0.3, 0.4) is 0 Å². The summed E-state index contributed by atoms with van der Waals surface area (Å²) in [6, 6.07) is 6.15. The van der Waals surface area contributed by atoms with E-state index in [9.17, 15) is 4.79 Å². The van der Waals surface area contributed by atoms with Crippen LogP contribution in [0.15, 0.2) is 24.4 Å². The Morgan fingerprint density at radius 3 is 2.78 bits per heavy atom. The number of nitrogen functional groups attached to an aromatic ring is 1. The first-order chi connectivity index (χ1) is 8.56. The van der Waals surface area contributed by atoms with E-state index in [-0.39, 0.29) is 5.91 Å². The van der Waals surface area contributed by atoms with E-state index >= 15 is 0 Å². The van der Waals surface area contributed by atoms with Crippen molar-refractivity contribution in [3.05, 3.63) is 46.0 Å². The first kappa shape index (κ1) is 12.6. The molecule has 0 aliphatic heterocycles. The molecule has 0 atom stereocenters. The average molecular weight is 261 g/mol. The van der Waals surface area contributed by atoms with E-state index in [1.54, 1.807) is 0 Å². The standard InChI is InChI=1S/C13H15N3OS/c1-8-3-4-10(5-9(8)2)6-15-12(17)11-7-16-13(14)18-11/h3-5,7H,6H2,1-2H3,(H2,14,16)(H,15,17). The minimum absolute atomic E-state index is 0.137. The normalized spacial score (nSPS) is 10.3. The first-order valence-corrected chi connectivity index (χ1v) is 6.43. The number of carbonyl (C=O) groups is 1. The number of benzene rings is 1. The van der Waals surface area contributed by atoms with Crippen LogP contribution in [0.4, 0.5) is 5.13 Å². The van der Waals surface area contributed by atoms with Gasteiger partial charge in [-0.25, -0.2) is 4.98 Å². The highest BCUT2D eigenvalue weighted by Gasteiger charge is 2.08. The zero-order valence-corrected chi connectivity index (χ0v) is 11.2. The third-order valence-electron chi connectivity index (χ3n) is 2.77. The van der Waals surface area contributed by atoms with Crippen LogP contribution < -0.4 is 11.1 Å². The van der Waals surface area contributed by atoms with Gasteiger partial charge in [-0.05, 0) is 30.5 Å². The summed E-state index contributed by atoms with van der Waals surface area (Å²) in [5.74, 6) is -0.137. The molecule has 1 amide bonds. The van der Waals surface area contributed by atoms with E-state index < -0.39 is 0 Å². The molecular formula is C13H15N3OS. The highest BCUT2D eigenvalue weighted by Crippen LogP contribution is 2.14. The van der Waals surface area contributed by atoms with Crippen molar-refractivity contribution in [2.45, 2.75) is 20.4 Å². The Balaban J connectivity index is 1.99. The maximum atomic E-state index is 11.8. The fraction of sp³-hybridized carbons (Fsp3) is 0.231. The fourth-order valence-electron chi connectivity index (χ4n) is 1.58. The van der Waals surface area contributed by atoms with Gasteiger partial charge in [-0.2, -0.15) is 0 Å². The number of nitrogens with two attached hydrogens (primary N) is 1. The van der Waals surface area contributed by atoms with E-state index in [1.807, 2.05) is 6.07 Å². The predicted octanol–water partition coefficient (Wildman–Crippen LogP) is 2.27. The van der Waals surface area contributed by atoms with Gasteiger partial charge in [-0.3, -0.25) is 4.79 Å². The molecule has 1 heterocycles. The molecule has 2 aromatic rings. The third-order valence-corrected chi connectivity index (χ3v) is 3.60. The Kier molecular flexibility index (Phi) is 3.62. The summed E-state index contributed by atoms with van der Waals surface area (Å²) in [5, 5.41) is 3.26. The topological polar surface area (TPSA) is 68.0 Å². The molecule has 0 spiro atoms. The molecule has 1 aromatic carbocycles. The molecule has 94 valence electrons. The lowest BCUT2D eigenvalue weighted by Gasteiger charge is -2.06. The molecule has 18 heavy (non-hydrogen) atoms. The second-order valence-electron chi connectivity index (χ2n) is 4.16. The Morgan fingerprint density at radius 2 is 2.17 bits per heavy atom. The van der Waals surface area contributed by atoms with E-state index in [1.165, 1.54) is 28.7 Å². The molecule has 0 unspecified atom stereocenters. The maximum Gasteiger partial charge on any atom is 0.263 e. The number of hydrogen-bond donors (Lipinski definition) is 2. The van der Waals surface area contributed by atoms with Crippen molar-refractivity contribution in [2.75, 3.05) is 5.73 Å². The summed E-state index contributed by atoms with van der Waals surface area (Å²) in [6.07, 6.45) is 1.50. The second-order valence-corrected chi connectivity index (χ2v) is 5.23. The van der Waals surface area contributed by atoms with Crippen molar-refractivity contribution in [1.29, 1.82) is 0 Å². The Bertz CT molecular complexity index is 577. The number of aromatic nitrogens is 1. The quantitative estimate of drug-likeness (QED) is 0.890. The monoisotopic (exact) mass is 261 g/mol. The third kappa shape index (κ3) is 2.87. The number of nitrogens with zero attached hydrogens (tertiary/aromatic N) is 1. The summed E-state index contributed by atoms with van der Waals surface area (Å²) in [5.41, 5.74) is 9.05. The lowest BCUT2D eigenvalue weighted by atomic mass is 10.1. The second kappa shape index (κ2) is 5.18. The summed E-state index contributed by atoms with van der Waals surface area (Å²) >= 11 is 1.19. The van der Waals surface area contributed by atoms with Crippen LogP contribution in [-0.4, -0.2) is 10.9 Å². The highest BCUT2D eigenvalue weighted by molar-refractivity contribution is 7.17. The number of nitrogens with one attached hydrogen (secondary N) is 1. The first-order valence-electron chi connectivity index (χ1n) is 5.62. The molecule has 2 rings (SSSR count). The van der Waals surface area contributed by atoms with Crippen LogP contribution in [0.25, 0.3) is 0 Å². The molecule has 0 fully saturated rings. The van der Waals surface area contributed by atoms with Gasteiger partial charge in [0.05, 0.1) is 6.20 Å². The van der Waals surface area contributed by atoms with Crippen LogP contribution >= 0.6 is 11.3 Å². The average Bonchev–Trinajstić information content (AvgIpc) is 2.77. The molecule has 0 radical (unpaired) electrons. The van der Waals surface area contributed by atoms with E-state index in [0.717, 1.165) is 5.56 Å². The van der Waals surface area contributed by atoms with Gasteiger partial charge in [0.2, 0.25) is 0 Å². The SMILES string of the molecule is Cc1ccc(CNC(=O)c2cnc(N)s2)cc1C. The van der Waals surface area contributed by atoms with Gasteiger partial charge in [0.25, 0.3) is 5.91 Å². The number of rotatable bonds is 3. The van der Waals surface area contributed by atoms with Gasteiger partial charge in [0, 0.05) is 6.54 Å². The number of anilines is 1. The van der Waals surface area contributed by atoms with Gasteiger partial charge in [-0.1, -0.05) is 29.5 Å². The van der Waals surface area contributed by atoms with Crippen LogP contribution in [0.5, 0.6) is 0 Å². The van der Waals surface area contributed by atoms with Gasteiger partial charge in [0.15, 0.2) is 5.13 Å². The van der Waals surface area contributed by atoms with Crippen LogP contribution in [-0.2, 0) is 6.54 Å². The van der Waals surface area contributed by atoms with Crippen molar-refractivity contribution < 1.29 is 4.79 Å². The van der Waals surface area contributed by atoms with Gasteiger partial charge < -0.3 is 11.1 Å². The van der Waals surface area contributed by atoms with Gasteiger partial charge >= 0.3 is 0 Å². The number of aryl methyl sites for hydroxylation is 2. The Labute approximate surface area is 110 Å². The summed E-state index contributed by atoms with van der Waals surface area (Å²) in [4.78, 5) is 16.2. The van der Waals surface area contributed by atoms with Crippen molar-refractivity contribution >= 4 is 22.4 Å². The summed E-state index contributed by atoms with van der Waals surface area (Å²) in [7, 11) is 0. The van der Waals surface area contributed by atoms with Gasteiger partial charge in [0.1, 0.15) is 4.88 Å². The van der Waals surface area contributed by atoms with Crippen LogP contribution in [0.1, 0.15) is 26.4 Å². The van der Waals surface area contributed by atoms with Crippen LogP contribution in [0.2, 0.25) is 0 Å². The van der Waals surface area contributed by atoms with E-state index in [2.05, 4.69) is 36.3 Å². The Hall–Kier alpha value is -1.88. The molecule has 0 saturated heterocycles.